The smallest absolute Gasteiger partial charge is 0.0670 e. The second kappa shape index (κ2) is 6.62. The van der Waals surface area contributed by atoms with Gasteiger partial charge in [0.05, 0.1) is 10.0 Å². The first kappa shape index (κ1) is 15.4. The summed E-state index contributed by atoms with van der Waals surface area (Å²) in [5.41, 5.74) is 3.29. The lowest BCUT2D eigenvalue weighted by molar-refractivity contribution is 0.339. The minimum atomic E-state index is 0.250. The molecule has 0 fully saturated rings. The van der Waals surface area contributed by atoms with Gasteiger partial charge in [0, 0.05) is 11.6 Å². The maximum absolute atomic E-state index is 6.28. The van der Waals surface area contributed by atoms with Crippen molar-refractivity contribution in [2.75, 3.05) is 14.1 Å². The average Bonchev–Trinajstić information content (AvgIpc) is 2.42. The number of halogens is 2. The predicted octanol–water partition coefficient (Wildman–Crippen LogP) is 4.97. The molecule has 0 bridgehead atoms. The van der Waals surface area contributed by atoms with Crippen molar-refractivity contribution in [3.8, 4) is 11.1 Å². The van der Waals surface area contributed by atoms with E-state index in [-0.39, 0.29) is 6.04 Å². The zero-order valence-electron chi connectivity index (χ0n) is 11.7. The molecule has 0 spiro atoms. The van der Waals surface area contributed by atoms with Crippen LogP contribution in [0.4, 0.5) is 0 Å². The summed E-state index contributed by atoms with van der Waals surface area (Å²) in [5.74, 6) is 0. The zero-order chi connectivity index (χ0) is 14.7. The molecule has 0 saturated carbocycles. The molecule has 105 valence electrons. The van der Waals surface area contributed by atoms with Crippen molar-refractivity contribution in [1.29, 1.82) is 0 Å². The quantitative estimate of drug-likeness (QED) is 0.771. The lowest BCUT2D eigenvalue weighted by atomic mass is 9.99. The molecule has 0 aliphatic heterocycles. The van der Waals surface area contributed by atoms with Gasteiger partial charge >= 0.3 is 0 Å². The molecule has 0 saturated heterocycles. The van der Waals surface area contributed by atoms with Gasteiger partial charge in [-0.1, -0.05) is 59.6 Å². The molecular formula is C17H18Cl2N. The van der Waals surface area contributed by atoms with Crippen molar-refractivity contribution in [2.24, 2.45) is 0 Å². The Morgan fingerprint density at radius 2 is 1.80 bits per heavy atom. The summed E-state index contributed by atoms with van der Waals surface area (Å²) in [6.07, 6.45) is 0.902. The van der Waals surface area contributed by atoms with Gasteiger partial charge in [0.1, 0.15) is 0 Å². The van der Waals surface area contributed by atoms with E-state index >= 15 is 0 Å². The molecule has 3 heteroatoms. The van der Waals surface area contributed by atoms with Gasteiger partial charge in [-0.25, -0.2) is 0 Å². The number of hydrogen-bond acceptors (Lipinski definition) is 1. The van der Waals surface area contributed by atoms with Crippen LogP contribution in [0.5, 0.6) is 0 Å². The van der Waals surface area contributed by atoms with E-state index in [4.69, 9.17) is 23.2 Å². The van der Waals surface area contributed by atoms with E-state index < -0.39 is 0 Å². The lowest BCUT2D eigenvalue weighted by Gasteiger charge is -2.19. The van der Waals surface area contributed by atoms with Crippen LogP contribution in [0.2, 0.25) is 10.0 Å². The monoisotopic (exact) mass is 306 g/mol. The Morgan fingerprint density at radius 1 is 1.10 bits per heavy atom. The summed E-state index contributed by atoms with van der Waals surface area (Å²) in [6.45, 7) is 4.15. The summed E-state index contributed by atoms with van der Waals surface area (Å²) in [6, 6.07) is 14.3. The Hall–Kier alpha value is -1.02. The summed E-state index contributed by atoms with van der Waals surface area (Å²) in [5, 5.41) is 1.18. The van der Waals surface area contributed by atoms with E-state index in [9.17, 15) is 0 Å². The first-order valence-electron chi connectivity index (χ1n) is 6.52. The summed E-state index contributed by atoms with van der Waals surface area (Å²) in [7, 11) is 4.07. The molecule has 1 nitrogen and oxygen atoms in total. The highest BCUT2D eigenvalue weighted by molar-refractivity contribution is 6.43. The molecule has 0 amide bonds. The second-order valence-electron chi connectivity index (χ2n) is 5.12. The maximum atomic E-state index is 6.28. The van der Waals surface area contributed by atoms with Gasteiger partial charge in [0.2, 0.25) is 0 Å². The third-order valence-electron chi connectivity index (χ3n) is 3.39. The first-order valence-corrected chi connectivity index (χ1v) is 7.27. The van der Waals surface area contributed by atoms with E-state index in [1.807, 2.05) is 32.3 Å². The van der Waals surface area contributed by atoms with Gasteiger partial charge in [0.25, 0.3) is 0 Å². The summed E-state index contributed by atoms with van der Waals surface area (Å²) < 4.78 is 0. The number of rotatable bonds is 4. The van der Waals surface area contributed by atoms with Gasteiger partial charge in [0.15, 0.2) is 0 Å². The van der Waals surface area contributed by atoms with Gasteiger partial charge in [-0.3, -0.25) is 0 Å². The molecule has 0 aliphatic carbocycles. The van der Waals surface area contributed by atoms with Crippen LogP contribution in [0.3, 0.4) is 0 Å². The molecule has 1 radical (unpaired) electrons. The highest BCUT2D eigenvalue weighted by atomic mass is 35.5. The summed E-state index contributed by atoms with van der Waals surface area (Å²) in [4.78, 5) is 2.11. The fourth-order valence-corrected chi connectivity index (χ4v) is 2.46. The van der Waals surface area contributed by atoms with Crippen LogP contribution >= 0.6 is 23.2 Å². The Morgan fingerprint density at radius 3 is 2.50 bits per heavy atom. The van der Waals surface area contributed by atoms with Crippen LogP contribution in [0.15, 0.2) is 42.5 Å². The molecule has 1 unspecified atom stereocenters. The molecule has 2 aromatic carbocycles. The van der Waals surface area contributed by atoms with E-state index in [1.54, 1.807) is 6.07 Å². The Balaban J connectivity index is 2.32. The number of nitrogens with zero attached hydrogens (tertiary/aromatic N) is 1. The third-order valence-corrected chi connectivity index (χ3v) is 4.21. The fourth-order valence-electron chi connectivity index (χ4n) is 2.05. The minimum absolute atomic E-state index is 0.250. The topological polar surface area (TPSA) is 3.24 Å². The van der Waals surface area contributed by atoms with Crippen molar-refractivity contribution in [1.82, 2.24) is 4.90 Å². The standard InChI is InChI=1S/C17H18Cl2N/c1-12(20(2)3)10-13-6-4-7-14(11-13)15-8-5-9-16(18)17(15)19/h4-9,11-12H,1,10H2,2-3H3. The normalized spacial score (nSPS) is 12.7. The predicted molar refractivity (Wildman–Crippen MR) is 88.4 cm³/mol. The molecule has 0 N–H and O–H groups in total. The molecular weight excluding hydrogens is 289 g/mol. The average molecular weight is 307 g/mol. The zero-order valence-corrected chi connectivity index (χ0v) is 13.2. The maximum Gasteiger partial charge on any atom is 0.0670 e. The number of benzene rings is 2. The van der Waals surface area contributed by atoms with Gasteiger partial charge in [-0.2, -0.15) is 0 Å². The Kier molecular flexibility index (Phi) is 5.09. The molecule has 20 heavy (non-hydrogen) atoms. The molecule has 0 aromatic heterocycles. The number of likely N-dealkylation sites (N-methyl/N-ethyl adjacent to an activating group) is 1. The van der Waals surface area contributed by atoms with Crippen molar-refractivity contribution in [2.45, 2.75) is 12.5 Å². The molecule has 1 atom stereocenters. The van der Waals surface area contributed by atoms with Crippen molar-refractivity contribution >= 4 is 23.2 Å². The van der Waals surface area contributed by atoms with Crippen molar-refractivity contribution in [3.05, 3.63) is 65.0 Å². The van der Waals surface area contributed by atoms with E-state index in [2.05, 4.69) is 30.0 Å². The highest BCUT2D eigenvalue weighted by Gasteiger charge is 2.09. The van der Waals surface area contributed by atoms with Gasteiger partial charge in [-0.05, 0) is 44.6 Å². The van der Waals surface area contributed by atoms with E-state index in [0.717, 1.165) is 17.5 Å². The largest absolute Gasteiger partial charge is 0.306 e. The molecule has 2 rings (SSSR count). The molecule has 0 heterocycles. The van der Waals surface area contributed by atoms with Gasteiger partial charge < -0.3 is 4.90 Å². The van der Waals surface area contributed by atoms with Crippen molar-refractivity contribution < 1.29 is 0 Å². The Labute approximate surface area is 131 Å². The second-order valence-corrected chi connectivity index (χ2v) is 5.91. The van der Waals surface area contributed by atoms with Crippen LogP contribution in [0.1, 0.15) is 5.56 Å². The summed E-state index contributed by atoms with van der Waals surface area (Å²) >= 11 is 12.4. The fraction of sp³-hybridized carbons (Fsp3) is 0.235. The van der Waals surface area contributed by atoms with Crippen LogP contribution in [-0.2, 0) is 6.42 Å². The minimum Gasteiger partial charge on any atom is -0.306 e. The molecule has 0 aliphatic rings. The third kappa shape index (κ3) is 3.54. The van der Waals surface area contributed by atoms with Crippen molar-refractivity contribution in [3.63, 3.8) is 0 Å². The first-order chi connectivity index (χ1) is 9.49. The van der Waals surface area contributed by atoms with E-state index in [1.165, 1.54) is 5.56 Å². The van der Waals surface area contributed by atoms with Gasteiger partial charge in [-0.15, -0.1) is 0 Å². The molecule has 2 aromatic rings. The van der Waals surface area contributed by atoms with Crippen LogP contribution < -0.4 is 0 Å². The Bertz CT molecular complexity index is 593. The SMILES string of the molecule is [CH2]C(Cc1cccc(-c2cccc(Cl)c2Cl)c1)N(C)C. The highest BCUT2D eigenvalue weighted by Crippen LogP contribution is 2.33. The lowest BCUT2D eigenvalue weighted by Crippen LogP contribution is -2.26. The van der Waals surface area contributed by atoms with Crippen LogP contribution in [0, 0.1) is 6.92 Å². The van der Waals surface area contributed by atoms with E-state index in [0.29, 0.717) is 10.0 Å². The van der Waals surface area contributed by atoms with Crippen LogP contribution in [-0.4, -0.2) is 25.0 Å². The number of hydrogen-bond donors (Lipinski definition) is 0. The van der Waals surface area contributed by atoms with Crippen LogP contribution in [0.25, 0.3) is 11.1 Å².